The number of amides is 1. The van der Waals surface area contributed by atoms with E-state index in [1.54, 1.807) is 0 Å². The Bertz CT molecular complexity index is 1780. The van der Waals surface area contributed by atoms with Gasteiger partial charge in [-0.15, -0.1) is 0 Å². The number of carbonyl (C=O) groups is 2. The first-order valence-corrected chi connectivity index (χ1v) is 23.5. The second-order valence-electron chi connectivity index (χ2n) is 17.2. The topological polar surface area (TPSA) is 133 Å². The largest absolute Gasteiger partial charge is 0.494 e. The van der Waals surface area contributed by atoms with E-state index in [1.165, 1.54) is 18.4 Å². The number of pyridine rings is 1. The van der Waals surface area contributed by atoms with Gasteiger partial charge in [-0.1, -0.05) is 57.4 Å². The summed E-state index contributed by atoms with van der Waals surface area (Å²) in [4.78, 5) is 31.3. The number of anilines is 1. The highest BCUT2D eigenvalue weighted by atomic mass is 16.5. The van der Waals surface area contributed by atoms with Crippen molar-refractivity contribution in [3.8, 4) is 5.75 Å². The number of benzene rings is 2. The molecule has 1 fully saturated rings. The fraction of sp³-hybridized carbons (Fsp3) is 0.588. The molecule has 12 nitrogen and oxygen atoms in total. The van der Waals surface area contributed by atoms with E-state index in [1.807, 2.05) is 54.9 Å². The highest BCUT2D eigenvalue weighted by molar-refractivity contribution is 5.95. The molecule has 0 saturated carbocycles. The Morgan fingerprint density at radius 1 is 0.825 bits per heavy atom. The number of nitrogens with one attached hydrogen (secondary N) is 3. The monoisotopic (exact) mass is 870 g/mol. The first kappa shape index (κ1) is 49.5. The molecular formula is C51H75N5O7. The van der Waals surface area contributed by atoms with Gasteiger partial charge in [-0.25, -0.2) is 0 Å². The fourth-order valence-corrected chi connectivity index (χ4v) is 8.62. The number of likely N-dealkylation sites (tertiary alicyclic amines) is 1. The van der Waals surface area contributed by atoms with Crippen molar-refractivity contribution in [1.29, 1.82) is 0 Å². The van der Waals surface area contributed by atoms with Gasteiger partial charge in [0, 0.05) is 68.6 Å². The summed E-state index contributed by atoms with van der Waals surface area (Å²) in [7, 11) is 3.62. The van der Waals surface area contributed by atoms with Crippen molar-refractivity contribution in [3.05, 3.63) is 102 Å². The van der Waals surface area contributed by atoms with Gasteiger partial charge in [0.15, 0.2) is 0 Å². The zero-order valence-corrected chi connectivity index (χ0v) is 38.5. The maximum absolute atomic E-state index is 13.5. The maximum Gasteiger partial charge on any atom is 0.305 e. The number of methoxy groups -OCH3 is 1. The summed E-state index contributed by atoms with van der Waals surface area (Å²) in [5.74, 6) is 1.62. The quantitative estimate of drug-likeness (QED) is 0.0478. The predicted octanol–water partition coefficient (Wildman–Crippen LogP) is 8.89. The molecule has 2 aromatic carbocycles. The van der Waals surface area contributed by atoms with E-state index < -0.39 is 0 Å². The Morgan fingerprint density at radius 3 is 2.14 bits per heavy atom. The average molecular weight is 870 g/mol. The number of rotatable bonds is 28. The lowest BCUT2D eigenvalue weighted by Gasteiger charge is -2.45. The SMILES string of the molecule is CCC1C(C)CC=C(C2(Nc3cccc(C(=O)NCc4ccc(OCCCCCCOCCOCCOCCCCCC(=O)OC)cc4)c3)CCN(C)CC2)NC1c1ccncc1. The minimum atomic E-state index is -0.279. The minimum Gasteiger partial charge on any atom is -0.494 e. The molecule has 2 aliphatic rings. The van der Waals surface area contributed by atoms with Gasteiger partial charge in [0.2, 0.25) is 0 Å². The van der Waals surface area contributed by atoms with Gasteiger partial charge in [-0.2, -0.15) is 0 Å². The number of ether oxygens (including phenoxy) is 5. The maximum atomic E-state index is 13.5. The Morgan fingerprint density at radius 2 is 1.48 bits per heavy atom. The van der Waals surface area contributed by atoms with Crippen molar-refractivity contribution in [1.82, 2.24) is 20.5 Å². The van der Waals surface area contributed by atoms with E-state index in [4.69, 9.17) is 18.9 Å². The van der Waals surface area contributed by atoms with Crippen LogP contribution in [0.15, 0.2) is 84.8 Å². The van der Waals surface area contributed by atoms with Crippen LogP contribution in [0.5, 0.6) is 5.75 Å². The van der Waals surface area contributed by atoms with Crippen LogP contribution in [0.25, 0.3) is 0 Å². The zero-order chi connectivity index (χ0) is 44.5. The number of allylic oxidation sites excluding steroid dienone is 1. The highest BCUT2D eigenvalue weighted by Crippen LogP contribution is 2.41. The van der Waals surface area contributed by atoms with E-state index in [2.05, 4.69) is 75.7 Å². The Balaban J connectivity index is 0.971. The molecule has 0 spiro atoms. The van der Waals surface area contributed by atoms with Gasteiger partial charge in [-0.3, -0.25) is 14.6 Å². The molecule has 0 bridgehead atoms. The van der Waals surface area contributed by atoms with Crippen LogP contribution in [0.3, 0.4) is 0 Å². The summed E-state index contributed by atoms with van der Waals surface area (Å²) in [5, 5.41) is 11.2. The number of piperidine rings is 1. The van der Waals surface area contributed by atoms with Crippen LogP contribution in [0.1, 0.15) is 118 Å². The molecule has 1 saturated heterocycles. The summed E-state index contributed by atoms with van der Waals surface area (Å²) in [6.07, 6.45) is 17.7. The van der Waals surface area contributed by atoms with Gasteiger partial charge in [0.25, 0.3) is 5.91 Å². The van der Waals surface area contributed by atoms with Crippen molar-refractivity contribution in [2.75, 3.05) is 78.8 Å². The standard InChI is InChI=1S/C51H75N5O7/c1-5-46-40(2)17-22-47(54-49(46)42-23-27-52-28-24-42)51(25-29-56(3)30-26-51)55-44-15-13-14-43(38-44)50(58)53-39-41-18-20-45(21-19-41)63-33-12-7-6-10-31-60-34-36-62-37-35-61-32-11-8-9-16-48(57)59-4/h13-15,18-24,27-28,38,40,46,49,54-55H,5-12,16-17,25-26,29-37,39H2,1-4H3,(H,53,58). The van der Waals surface area contributed by atoms with Gasteiger partial charge < -0.3 is 44.5 Å². The van der Waals surface area contributed by atoms with Gasteiger partial charge in [0.05, 0.1) is 51.7 Å². The molecule has 3 aromatic rings. The lowest BCUT2D eigenvalue weighted by molar-refractivity contribution is -0.140. The third-order valence-corrected chi connectivity index (χ3v) is 12.5. The predicted molar refractivity (Wildman–Crippen MR) is 250 cm³/mol. The van der Waals surface area contributed by atoms with Crippen LogP contribution in [0.2, 0.25) is 0 Å². The number of aromatic nitrogens is 1. The molecule has 1 aromatic heterocycles. The number of nitrogens with zero attached hydrogens (tertiary/aromatic N) is 2. The number of unbranched alkanes of at least 4 members (excludes halogenated alkanes) is 5. The molecule has 3 heterocycles. The Kier molecular flexibility index (Phi) is 21.7. The van der Waals surface area contributed by atoms with E-state index in [-0.39, 0.29) is 23.5 Å². The number of hydrogen-bond acceptors (Lipinski definition) is 11. The van der Waals surface area contributed by atoms with Crippen molar-refractivity contribution >= 4 is 17.6 Å². The van der Waals surface area contributed by atoms with Crippen molar-refractivity contribution in [2.24, 2.45) is 11.8 Å². The van der Waals surface area contributed by atoms with Crippen LogP contribution in [-0.2, 0) is 30.3 Å². The van der Waals surface area contributed by atoms with Gasteiger partial charge >= 0.3 is 5.97 Å². The van der Waals surface area contributed by atoms with E-state index >= 15 is 0 Å². The van der Waals surface area contributed by atoms with Crippen LogP contribution in [0.4, 0.5) is 5.69 Å². The molecule has 346 valence electrons. The summed E-state index contributed by atoms with van der Waals surface area (Å²) >= 11 is 0. The van der Waals surface area contributed by atoms with Gasteiger partial charge in [-0.05, 0) is 124 Å². The molecule has 12 heteroatoms. The first-order chi connectivity index (χ1) is 30.8. The minimum absolute atomic E-state index is 0.0987. The third kappa shape index (κ3) is 16.9. The average Bonchev–Trinajstić information content (AvgIpc) is 3.48. The lowest BCUT2D eigenvalue weighted by Crippen LogP contribution is -2.53. The summed E-state index contributed by atoms with van der Waals surface area (Å²) < 4.78 is 27.5. The number of esters is 1. The van der Waals surface area contributed by atoms with E-state index in [0.29, 0.717) is 70.0 Å². The van der Waals surface area contributed by atoms with Crippen LogP contribution in [-0.4, -0.2) is 101 Å². The number of hydrogen-bond donors (Lipinski definition) is 3. The molecule has 3 atom stereocenters. The van der Waals surface area contributed by atoms with E-state index in [0.717, 1.165) is 107 Å². The lowest BCUT2D eigenvalue weighted by atomic mass is 9.81. The van der Waals surface area contributed by atoms with Crippen LogP contribution >= 0.6 is 0 Å². The Hall–Kier alpha value is -4.49. The molecule has 1 amide bonds. The highest BCUT2D eigenvalue weighted by Gasteiger charge is 2.41. The second kappa shape index (κ2) is 27.6. The van der Waals surface area contributed by atoms with Crippen molar-refractivity contribution < 1.29 is 33.3 Å². The third-order valence-electron chi connectivity index (χ3n) is 12.5. The number of carbonyl (C=O) groups excluding carboxylic acids is 2. The van der Waals surface area contributed by atoms with Crippen molar-refractivity contribution in [2.45, 2.75) is 109 Å². The summed E-state index contributed by atoms with van der Waals surface area (Å²) in [6.45, 7) is 11.5. The molecule has 0 radical (unpaired) electrons. The Labute approximate surface area is 377 Å². The van der Waals surface area contributed by atoms with E-state index in [9.17, 15) is 9.59 Å². The fourth-order valence-electron chi connectivity index (χ4n) is 8.62. The molecule has 3 unspecified atom stereocenters. The zero-order valence-electron chi connectivity index (χ0n) is 38.5. The molecule has 2 aliphatic heterocycles. The second-order valence-corrected chi connectivity index (χ2v) is 17.2. The smallest absolute Gasteiger partial charge is 0.305 e. The first-order valence-electron chi connectivity index (χ1n) is 23.5. The summed E-state index contributed by atoms with van der Waals surface area (Å²) in [5.41, 5.74) is 4.87. The van der Waals surface area contributed by atoms with Crippen LogP contribution in [0, 0.1) is 11.8 Å². The van der Waals surface area contributed by atoms with Crippen molar-refractivity contribution in [3.63, 3.8) is 0 Å². The van der Waals surface area contributed by atoms with Gasteiger partial charge in [0.1, 0.15) is 5.75 Å². The molecule has 0 aliphatic carbocycles. The molecule has 63 heavy (non-hydrogen) atoms. The molecule has 5 rings (SSSR count). The molecular weight excluding hydrogens is 795 g/mol. The summed E-state index contributed by atoms with van der Waals surface area (Å²) in [6, 6.07) is 20.4. The molecule has 3 N–H and O–H groups in total. The normalized spacial score (nSPS) is 18.7. The van der Waals surface area contributed by atoms with Crippen LogP contribution < -0.4 is 20.7 Å².